The summed E-state index contributed by atoms with van der Waals surface area (Å²) < 4.78 is 5.83. The van der Waals surface area contributed by atoms with Crippen molar-refractivity contribution in [1.82, 2.24) is 0 Å². The number of hydrogen-bond donors (Lipinski definition) is 1. The molecule has 1 aliphatic carbocycles. The lowest BCUT2D eigenvalue weighted by Crippen LogP contribution is -2.36. The second-order valence-electron chi connectivity index (χ2n) is 6.25. The standard InChI is InChI=1S/C17H35NO/c1-2-3-4-5-6-7-8-9-10-11-12-19-17-13-16(14-17)15-18/h16-17H,2-15,18H2,1H3. The predicted molar refractivity (Wildman–Crippen MR) is 83.4 cm³/mol. The first-order valence-corrected chi connectivity index (χ1v) is 8.68. The van der Waals surface area contributed by atoms with Gasteiger partial charge in [-0.1, -0.05) is 64.7 Å². The third kappa shape index (κ3) is 8.65. The Morgan fingerprint density at radius 2 is 1.37 bits per heavy atom. The molecule has 1 saturated carbocycles. The normalized spacial score (nSPS) is 22.4. The van der Waals surface area contributed by atoms with Gasteiger partial charge in [-0.3, -0.25) is 0 Å². The van der Waals surface area contributed by atoms with E-state index in [0.29, 0.717) is 6.10 Å². The molecule has 0 radical (unpaired) electrons. The Kier molecular flexibility index (Phi) is 10.5. The van der Waals surface area contributed by atoms with Crippen LogP contribution in [0, 0.1) is 5.92 Å². The molecular weight excluding hydrogens is 234 g/mol. The van der Waals surface area contributed by atoms with Gasteiger partial charge in [-0.15, -0.1) is 0 Å². The summed E-state index contributed by atoms with van der Waals surface area (Å²) in [6, 6.07) is 0. The van der Waals surface area contributed by atoms with Gasteiger partial charge in [0, 0.05) is 6.61 Å². The van der Waals surface area contributed by atoms with E-state index in [9.17, 15) is 0 Å². The highest BCUT2D eigenvalue weighted by Crippen LogP contribution is 2.29. The van der Waals surface area contributed by atoms with Crippen LogP contribution in [0.1, 0.15) is 84.0 Å². The van der Waals surface area contributed by atoms with Crippen LogP contribution in [-0.2, 0) is 4.74 Å². The Balaban J connectivity index is 1.68. The number of unbranched alkanes of at least 4 members (excludes halogenated alkanes) is 9. The van der Waals surface area contributed by atoms with Crippen LogP contribution in [-0.4, -0.2) is 19.3 Å². The van der Waals surface area contributed by atoms with E-state index in [0.717, 1.165) is 19.1 Å². The van der Waals surface area contributed by atoms with Gasteiger partial charge in [0.1, 0.15) is 0 Å². The van der Waals surface area contributed by atoms with Crippen LogP contribution in [0.25, 0.3) is 0 Å². The highest BCUT2D eigenvalue weighted by Gasteiger charge is 2.28. The van der Waals surface area contributed by atoms with Crippen molar-refractivity contribution in [3.63, 3.8) is 0 Å². The lowest BCUT2D eigenvalue weighted by Gasteiger charge is -2.34. The molecule has 19 heavy (non-hydrogen) atoms. The van der Waals surface area contributed by atoms with Crippen LogP contribution in [0.5, 0.6) is 0 Å². The zero-order chi connectivity index (χ0) is 13.8. The van der Waals surface area contributed by atoms with Crippen molar-refractivity contribution in [3.8, 4) is 0 Å². The molecule has 0 saturated heterocycles. The van der Waals surface area contributed by atoms with Gasteiger partial charge in [0.25, 0.3) is 0 Å². The number of hydrogen-bond acceptors (Lipinski definition) is 2. The van der Waals surface area contributed by atoms with Crippen molar-refractivity contribution in [2.75, 3.05) is 13.2 Å². The molecule has 2 heteroatoms. The fraction of sp³-hybridized carbons (Fsp3) is 1.00. The highest BCUT2D eigenvalue weighted by molar-refractivity contribution is 4.80. The second kappa shape index (κ2) is 11.7. The maximum Gasteiger partial charge on any atom is 0.0581 e. The van der Waals surface area contributed by atoms with Gasteiger partial charge in [-0.05, 0) is 31.7 Å². The van der Waals surface area contributed by atoms with Crippen LogP contribution in [0.15, 0.2) is 0 Å². The molecule has 1 aliphatic rings. The van der Waals surface area contributed by atoms with Crippen LogP contribution in [0.2, 0.25) is 0 Å². The first-order chi connectivity index (χ1) is 9.36. The van der Waals surface area contributed by atoms with E-state index >= 15 is 0 Å². The zero-order valence-corrected chi connectivity index (χ0v) is 13.0. The summed E-state index contributed by atoms with van der Waals surface area (Å²) in [5, 5.41) is 0. The lowest BCUT2D eigenvalue weighted by atomic mass is 9.82. The SMILES string of the molecule is CCCCCCCCCCCCOC1CC(CN)C1. The minimum absolute atomic E-state index is 0.534. The Labute approximate surface area is 120 Å². The Morgan fingerprint density at radius 3 is 1.89 bits per heavy atom. The molecule has 1 rings (SSSR count). The summed E-state index contributed by atoms with van der Waals surface area (Å²) >= 11 is 0. The molecule has 1 fully saturated rings. The summed E-state index contributed by atoms with van der Waals surface area (Å²) in [6.45, 7) is 4.10. The van der Waals surface area contributed by atoms with E-state index < -0.39 is 0 Å². The van der Waals surface area contributed by atoms with Gasteiger partial charge in [0.05, 0.1) is 6.10 Å². The zero-order valence-electron chi connectivity index (χ0n) is 13.0. The lowest BCUT2D eigenvalue weighted by molar-refractivity contribution is -0.0291. The summed E-state index contributed by atoms with van der Waals surface area (Å²) in [5.41, 5.74) is 5.60. The monoisotopic (exact) mass is 269 g/mol. The Hall–Kier alpha value is -0.0800. The highest BCUT2D eigenvalue weighted by atomic mass is 16.5. The van der Waals surface area contributed by atoms with Crippen molar-refractivity contribution in [2.24, 2.45) is 11.7 Å². The summed E-state index contributed by atoms with van der Waals surface area (Å²) in [5.74, 6) is 0.748. The van der Waals surface area contributed by atoms with Crippen molar-refractivity contribution in [2.45, 2.75) is 90.1 Å². The first kappa shape index (κ1) is 17.0. The molecular formula is C17H35NO. The van der Waals surface area contributed by atoms with Gasteiger partial charge in [0.2, 0.25) is 0 Å². The maximum atomic E-state index is 5.83. The molecule has 2 N–H and O–H groups in total. The molecule has 0 bridgehead atoms. The van der Waals surface area contributed by atoms with Gasteiger partial charge in [0.15, 0.2) is 0 Å². The van der Waals surface area contributed by atoms with Gasteiger partial charge in [-0.2, -0.15) is 0 Å². The summed E-state index contributed by atoms with van der Waals surface area (Å²) in [6.07, 6.45) is 16.9. The number of nitrogens with two attached hydrogens (primary N) is 1. The molecule has 0 aliphatic heterocycles. The van der Waals surface area contributed by atoms with Crippen molar-refractivity contribution in [3.05, 3.63) is 0 Å². The van der Waals surface area contributed by atoms with E-state index in [1.54, 1.807) is 0 Å². The fourth-order valence-electron chi connectivity index (χ4n) is 2.84. The predicted octanol–water partition coefficient (Wildman–Crippen LogP) is 4.66. The third-order valence-corrected chi connectivity index (χ3v) is 4.38. The largest absolute Gasteiger partial charge is 0.378 e. The average molecular weight is 269 g/mol. The molecule has 2 nitrogen and oxygen atoms in total. The van der Waals surface area contributed by atoms with Crippen molar-refractivity contribution >= 4 is 0 Å². The van der Waals surface area contributed by atoms with E-state index in [1.807, 2.05) is 0 Å². The molecule has 0 unspecified atom stereocenters. The molecule has 0 amide bonds. The van der Waals surface area contributed by atoms with Crippen molar-refractivity contribution in [1.29, 1.82) is 0 Å². The molecule has 0 aromatic carbocycles. The topological polar surface area (TPSA) is 35.2 Å². The third-order valence-electron chi connectivity index (χ3n) is 4.38. The smallest absolute Gasteiger partial charge is 0.0581 e. The van der Waals surface area contributed by atoms with Crippen LogP contribution >= 0.6 is 0 Å². The molecule has 0 heterocycles. The van der Waals surface area contributed by atoms with Gasteiger partial charge >= 0.3 is 0 Å². The van der Waals surface area contributed by atoms with E-state index in [-0.39, 0.29) is 0 Å². The first-order valence-electron chi connectivity index (χ1n) is 8.68. The molecule has 0 aromatic heterocycles. The van der Waals surface area contributed by atoms with Crippen LogP contribution < -0.4 is 5.73 Å². The van der Waals surface area contributed by atoms with Gasteiger partial charge in [-0.25, -0.2) is 0 Å². The fourth-order valence-corrected chi connectivity index (χ4v) is 2.84. The molecule has 0 spiro atoms. The minimum atomic E-state index is 0.534. The molecule has 0 atom stereocenters. The number of ether oxygens (including phenoxy) is 1. The maximum absolute atomic E-state index is 5.83. The average Bonchev–Trinajstić information content (AvgIpc) is 2.38. The van der Waals surface area contributed by atoms with Crippen LogP contribution in [0.3, 0.4) is 0 Å². The Bertz CT molecular complexity index is 190. The quantitative estimate of drug-likeness (QED) is 0.493. The van der Waals surface area contributed by atoms with E-state index in [2.05, 4.69) is 6.92 Å². The van der Waals surface area contributed by atoms with E-state index in [1.165, 1.54) is 77.0 Å². The van der Waals surface area contributed by atoms with E-state index in [4.69, 9.17) is 10.5 Å². The Morgan fingerprint density at radius 1 is 0.842 bits per heavy atom. The summed E-state index contributed by atoms with van der Waals surface area (Å²) in [4.78, 5) is 0. The minimum Gasteiger partial charge on any atom is -0.378 e. The molecule has 0 aromatic rings. The number of rotatable bonds is 13. The van der Waals surface area contributed by atoms with Crippen molar-refractivity contribution < 1.29 is 4.74 Å². The van der Waals surface area contributed by atoms with Crippen LogP contribution in [0.4, 0.5) is 0 Å². The summed E-state index contributed by atoms with van der Waals surface area (Å²) in [7, 11) is 0. The van der Waals surface area contributed by atoms with Gasteiger partial charge < -0.3 is 10.5 Å². The second-order valence-corrected chi connectivity index (χ2v) is 6.25. The molecule has 114 valence electrons.